The van der Waals surface area contributed by atoms with Crippen LogP contribution in [0.15, 0.2) is 0 Å². The standard InChI is InChI=1S/C11H25NO2/c1-6-14-10(4)7-12-8-11(5,13)9(2)3/h9-10,12-13H,6-8H2,1-5H3. The Kier molecular flexibility index (Phi) is 6.33. The molecular weight excluding hydrogens is 178 g/mol. The highest BCUT2D eigenvalue weighted by molar-refractivity contribution is 4.79. The molecule has 0 radical (unpaired) electrons. The van der Waals surface area contributed by atoms with Gasteiger partial charge in [0.2, 0.25) is 0 Å². The SMILES string of the molecule is CCOC(C)CNCC(C)(O)C(C)C. The lowest BCUT2D eigenvalue weighted by atomic mass is 9.92. The first-order valence-corrected chi connectivity index (χ1v) is 5.44. The van der Waals surface area contributed by atoms with Gasteiger partial charge in [0.25, 0.3) is 0 Å². The predicted molar refractivity (Wildman–Crippen MR) is 59.4 cm³/mol. The van der Waals surface area contributed by atoms with Gasteiger partial charge in [-0.15, -0.1) is 0 Å². The van der Waals surface area contributed by atoms with Gasteiger partial charge < -0.3 is 15.2 Å². The Morgan fingerprint density at radius 2 is 1.93 bits per heavy atom. The van der Waals surface area contributed by atoms with E-state index in [4.69, 9.17) is 4.74 Å². The minimum atomic E-state index is -0.633. The lowest BCUT2D eigenvalue weighted by Crippen LogP contribution is -2.44. The molecule has 0 bridgehead atoms. The molecule has 0 aliphatic carbocycles. The lowest BCUT2D eigenvalue weighted by Gasteiger charge is -2.28. The molecule has 0 spiro atoms. The maximum Gasteiger partial charge on any atom is 0.0766 e. The summed E-state index contributed by atoms with van der Waals surface area (Å²) >= 11 is 0. The average molecular weight is 203 g/mol. The number of rotatable bonds is 7. The van der Waals surface area contributed by atoms with E-state index in [-0.39, 0.29) is 12.0 Å². The van der Waals surface area contributed by atoms with Gasteiger partial charge in [-0.05, 0) is 26.7 Å². The van der Waals surface area contributed by atoms with Gasteiger partial charge in [-0.3, -0.25) is 0 Å². The molecule has 0 aromatic heterocycles. The molecule has 2 unspecified atom stereocenters. The van der Waals surface area contributed by atoms with Gasteiger partial charge in [-0.25, -0.2) is 0 Å². The van der Waals surface area contributed by atoms with Crippen LogP contribution in [-0.4, -0.2) is 36.5 Å². The summed E-state index contributed by atoms with van der Waals surface area (Å²) in [5, 5.41) is 13.1. The largest absolute Gasteiger partial charge is 0.389 e. The zero-order valence-electron chi connectivity index (χ0n) is 10.1. The van der Waals surface area contributed by atoms with Gasteiger partial charge in [-0.1, -0.05) is 13.8 Å². The Bertz CT molecular complexity index is 146. The van der Waals surface area contributed by atoms with Crippen molar-refractivity contribution in [1.29, 1.82) is 0 Å². The third kappa shape index (κ3) is 5.58. The van der Waals surface area contributed by atoms with Crippen molar-refractivity contribution in [2.75, 3.05) is 19.7 Å². The monoisotopic (exact) mass is 203 g/mol. The van der Waals surface area contributed by atoms with E-state index in [9.17, 15) is 5.11 Å². The van der Waals surface area contributed by atoms with Crippen LogP contribution in [0.5, 0.6) is 0 Å². The van der Waals surface area contributed by atoms with E-state index in [1.807, 2.05) is 34.6 Å². The third-order valence-electron chi connectivity index (χ3n) is 2.61. The summed E-state index contributed by atoms with van der Waals surface area (Å²) in [6.45, 7) is 12.1. The van der Waals surface area contributed by atoms with Crippen LogP contribution < -0.4 is 5.32 Å². The first-order chi connectivity index (χ1) is 6.40. The average Bonchev–Trinajstić information content (AvgIpc) is 2.04. The van der Waals surface area contributed by atoms with E-state index in [2.05, 4.69) is 5.32 Å². The topological polar surface area (TPSA) is 41.5 Å². The summed E-state index contributed by atoms with van der Waals surface area (Å²) in [5.41, 5.74) is -0.633. The van der Waals surface area contributed by atoms with Crippen LogP contribution in [0.25, 0.3) is 0 Å². The maximum atomic E-state index is 9.93. The number of hydrogen-bond donors (Lipinski definition) is 2. The van der Waals surface area contributed by atoms with Gasteiger partial charge in [0.15, 0.2) is 0 Å². The van der Waals surface area contributed by atoms with E-state index < -0.39 is 5.60 Å². The van der Waals surface area contributed by atoms with Crippen molar-refractivity contribution in [2.45, 2.75) is 46.3 Å². The Morgan fingerprint density at radius 1 is 1.36 bits per heavy atom. The molecule has 0 rings (SSSR count). The quantitative estimate of drug-likeness (QED) is 0.657. The molecular formula is C11H25NO2. The number of aliphatic hydroxyl groups is 1. The second-order valence-corrected chi connectivity index (χ2v) is 4.41. The summed E-state index contributed by atoms with van der Waals surface area (Å²) in [6, 6.07) is 0. The Hall–Kier alpha value is -0.120. The van der Waals surface area contributed by atoms with Crippen LogP contribution in [0.4, 0.5) is 0 Å². The zero-order valence-corrected chi connectivity index (χ0v) is 10.1. The van der Waals surface area contributed by atoms with Crippen molar-refractivity contribution in [3.8, 4) is 0 Å². The molecule has 0 amide bonds. The molecule has 0 aliphatic heterocycles. The fourth-order valence-electron chi connectivity index (χ4n) is 1.08. The molecule has 2 N–H and O–H groups in total. The van der Waals surface area contributed by atoms with Crippen LogP contribution in [0.3, 0.4) is 0 Å². The highest BCUT2D eigenvalue weighted by atomic mass is 16.5. The summed E-state index contributed by atoms with van der Waals surface area (Å²) in [6.07, 6.45) is 0.211. The smallest absolute Gasteiger partial charge is 0.0766 e. The molecule has 0 aromatic carbocycles. The van der Waals surface area contributed by atoms with Crippen LogP contribution in [0.2, 0.25) is 0 Å². The summed E-state index contributed by atoms with van der Waals surface area (Å²) in [5.74, 6) is 0.261. The minimum Gasteiger partial charge on any atom is -0.389 e. The Morgan fingerprint density at radius 3 is 2.36 bits per heavy atom. The first-order valence-electron chi connectivity index (χ1n) is 5.44. The van der Waals surface area contributed by atoms with E-state index in [0.717, 1.165) is 13.2 Å². The van der Waals surface area contributed by atoms with Crippen LogP contribution in [0.1, 0.15) is 34.6 Å². The molecule has 0 saturated heterocycles. The number of nitrogens with one attached hydrogen (secondary N) is 1. The predicted octanol–water partition coefficient (Wildman–Crippen LogP) is 1.41. The molecule has 0 aromatic rings. The second kappa shape index (κ2) is 6.38. The van der Waals surface area contributed by atoms with E-state index in [1.165, 1.54) is 0 Å². The summed E-state index contributed by atoms with van der Waals surface area (Å²) in [7, 11) is 0. The van der Waals surface area contributed by atoms with Crippen LogP contribution in [0, 0.1) is 5.92 Å². The summed E-state index contributed by atoms with van der Waals surface area (Å²) < 4.78 is 5.37. The van der Waals surface area contributed by atoms with Gasteiger partial charge in [0, 0.05) is 19.7 Å². The Labute approximate surface area is 87.8 Å². The fraction of sp³-hybridized carbons (Fsp3) is 1.00. The van der Waals surface area contributed by atoms with Gasteiger partial charge in [0.05, 0.1) is 11.7 Å². The molecule has 0 aliphatic rings. The zero-order chi connectivity index (χ0) is 11.2. The third-order valence-corrected chi connectivity index (χ3v) is 2.61. The normalized spacial score (nSPS) is 18.2. The molecule has 2 atom stereocenters. The molecule has 3 heteroatoms. The van der Waals surface area contributed by atoms with Crippen molar-refractivity contribution >= 4 is 0 Å². The minimum absolute atomic E-state index is 0.211. The van der Waals surface area contributed by atoms with Crippen molar-refractivity contribution in [3.63, 3.8) is 0 Å². The van der Waals surface area contributed by atoms with Gasteiger partial charge in [0.1, 0.15) is 0 Å². The van der Waals surface area contributed by atoms with E-state index in [0.29, 0.717) is 6.54 Å². The molecule has 0 fully saturated rings. The fourth-order valence-corrected chi connectivity index (χ4v) is 1.08. The Balaban J connectivity index is 3.62. The first kappa shape index (κ1) is 13.9. The molecule has 86 valence electrons. The molecule has 14 heavy (non-hydrogen) atoms. The van der Waals surface area contributed by atoms with Crippen LogP contribution >= 0.6 is 0 Å². The van der Waals surface area contributed by atoms with Crippen molar-refractivity contribution < 1.29 is 9.84 Å². The van der Waals surface area contributed by atoms with Crippen molar-refractivity contribution in [2.24, 2.45) is 5.92 Å². The molecule has 3 nitrogen and oxygen atoms in total. The highest BCUT2D eigenvalue weighted by Gasteiger charge is 2.24. The van der Waals surface area contributed by atoms with Gasteiger partial charge >= 0.3 is 0 Å². The number of ether oxygens (including phenoxy) is 1. The molecule has 0 saturated carbocycles. The van der Waals surface area contributed by atoms with Crippen molar-refractivity contribution in [1.82, 2.24) is 5.32 Å². The highest BCUT2D eigenvalue weighted by Crippen LogP contribution is 2.14. The molecule has 0 heterocycles. The lowest BCUT2D eigenvalue weighted by molar-refractivity contribution is 0.00867. The van der Waals surface area contributed by atoms with Crippen LogP contribution in [-0.2, 0) is 4.74 Å². The van der Waals surface area contributed by atoms with E-state index >= 15 is 0 Å². The summed E-state index contributed by atoms with van der Waals surface area (Å²) in [4.78, 5) is 0. The second-order valence-electron chi connectivity index (χ2n) is 4.41. The maximum absolute atomic E-state index is 9.93. The van der Waals surface area contributed by atoms with E-state index in [1.54, 1.807) is 0 Å². The van der Waals surface area contributed by atoms with Gasteiger partial charge in [-0.2, -0.15) is 0 Å². The number of hydrogen-bond acceptors (Lipinski definition) is 3. The van der Waals surface area contributed by atoms with Crippen molar-refractivity contribution in [3.05, 3.63) is 0 Å².